The first-order chi connectivity index (χ1) is 11.9. The quantitative estimate of drug-likeness (QED) is 0.725. The number of ether oxygens (including phenoxy) is 1. The van der Waals surface area contributed by atoms with Gasteiger partial charge in [0.05, 0.1) is 15.0 Å². The summed E-state index contributed by atoms with van der Waals surface area (Å²) in [5.74, 6) is -0.477. The van der Waals surface area contributed by atoms with Crippen LogP contribution in [0.3, 0.4) is 0 Å². The maximum atomic E-state index is 13.6. The predicted octanol–water partition coefficient (Wildman–Crippen LogP) is 4.85. The standard InChI is InChI=1S/C17H11Cl2FN2O2S/c18-11-5-9(7-14-16(23)22-17(21)25-14)6-12(19)15(11)24-8-10-3-1-2-4-13(10)20/h1-7H,8H2,(H2,21,22,23)/b14-7+. The van der Waals surface area contributed by atoms with Crippen molar-refractivity contribution in [2.75, 3.05) is 0 Å². The van der Waals surface area contributed by atoms with Crippen molar-refractivity contribution >= 4 is 52.1 Å². The molecule has 0 unspecified atom stereocenters. The van der Waals surface area contributed by atoms with Crippen molar-refractivity contribution in [3.8, 4) is 5.75 Å². The number of hydrogen-bond acceptors (Lipinski definition) is 4. The van der Waals surface area contributed by atoms with Gasteiger partial charge in [0.25, 0.3) is 5.91 Å². The van der Waals surface area contributed by atoms with E-state index in [0.29, 0.717) is 16.0 Å². The van der Waals surface area contributed by atoms with Gasteiger partial charge in [-0.1, -0.05) is 41.4 Å². The molecule has 3 rings (SSSR count). The second kappa shape index (κ2) is 7.47. The van der Waals surface area contributed by atoms with Crippen LogP contribution in [0.5, 0.6) is 5.75 Å². The summed E-state index contributed by atoms with van der Waals surface area (Å²) in [6, 6.07) is 9.44. The van der Waals surface area contributed by atoms with Crippen molar-refractivity contribution in [3.05, 3.63) is 68.3 Å². The Morgan fingerprint density at radius 3 is 2.52 bits per heavy atom. The molecule has 0 radical (unpaired) electrons. The number of benzene rings is 2. The summed E-state index contributed by atoms with van der Waals surface area (Å²) >= 11 is 13.4. The summed E-state index contributed by atoms with van der Waals surface area (Å²) in [7, 11) is 0. The fourth-order valence-electron chi connectivity index (χ4n) is 2.16. The second-order valence-electron chi connectivity index (χ2n) is 5.09. The lowest BCUT2D eigenvalue weighted by molar-refractivity contribution is -0.115. The van der Waals surface area contributed by atoms with Gasteiger partial charge in [0.1, 0.15) is 12.4 Å². The van der Waals surface area contributed by atoms with E-state index in [4.69, 9.17) is 33.3 Å². The summed E-state index contributed by atoms with van der Waals surface area (Å²) in [4.78, 5) is 12.0. The van der Waals surface area contributed by atoms with Crippen molar-refractivity contribution in [1.29, 1.82) is 5.41 Å². The number of hydrogen-bond donors (Lipinski definition) is 2. The van der Waals surface area contributed by atoms with E-state index in [-0.39, 0.29) is 39.3 Å². The first kappa shape index (κ1) is 17.8. The van der Waals surface area contributed by atoms with E-state index >= 15 is 0 Å². The number of carbonyl (C=O) groups is 1. The van der Waals surface area contributed by atoms with Crippen LogP contribution in [0.15, 0.2) is 41.3 Å². The molecule has 1 heterocycles. The molecule has 0 aliphatic carbocycles. The van der Waals surface area contributed by atoms with Gasteiger partial charge in [0.2, 0.25) is 0 Å². The summed E-state index contributed by atoms with van der Waals surface area (Å²) < 4.78 is 19.2. The molecule has 0 bridgehead atoms. The van der Waals surface area contributed by atoms with Gasteiger partial charge in [-0.15, -0.1) is 0 Å². The van der Waals surface area contributed by atoms with Crippen molar-refractivity contribution in [2.24, 2.45) is 0 Å². The maximum absolute atomic E-state index is 13.6. The van der Waals surface area contributed by atoms with E-state index in [1.54, 1.807) is 36.4 Å². The van der Waals surface area contributed by atoms with E-state index in [1.807, 2.05) is 0 Å². The Morgan fingerprint density at radius 2 is 1.92 bits per heavy atom. The van der Waals surface area contributed by atoms with Gasteiger partial charge >= 0.3 is 0 Å². The zero-order valence-corrected chi connectivity index (χ0v) is 14.9. The fourth-order valence-corrected chi connectivity index (χ4v) is 3.47. The topological polar surface area (TPSA) is 62.2 Å². The number of halogens is 3. The van der Waals surface area contributed by atoms with Crippen molar-refractivity contribution in [3.63, 3.8) is 0 Å². The van der Waals surface area contributed by atoms with Crippen LogP contribution in [0.4, 0.5) is 4.39 Å². The van der Waals surface area contributed by atoms with E-state index in [9.17, 15) is 9.18 Å². The van der Waals surface area contributed by atoms with Crippen LogP contribution in [0.2, 0.25) is 10.0 Å². The van der Waals surface area contributed by atoms with Gasteiger partial charge in [-0.05, 0) is 41.6 Å². The van der Waals surface area contributed by atoms with Gasteiger partial charge in [-0.25, -0.2) is 4.39 Å². The van der Waals surface area contributed by atoms with Crippen LogP contribution < -0.4 is 10.1 Å². The highest BCUT2D eigenvalue weighted by molar-refractivity contribution is 8.18. The summed E-state index contributed by atoms with van der Waals surface area (Å²) in [6.45, 7) is -0.0119. The molecule has 2 aromatic carbocycles. The Balaban J connectivity index is 1.81. The largest absolute Gasteiger partial charge is 0.486 e. The number of amides is 1. The molecule has 2 aromatic rings. The van der Waals surface area contributed by atoms with E-state index < -0.39 is 0 Å². The van der Waals surface area contributed by atoms with Gasteiger partial charge in [-0.2, -0.15) is 0 Å². The third-order valence-electron chi connectivity index (χ3n) is 3.31. The van der Waals surface area contributed by atoms with Crippen LogP contribution in [0.1, 0.15) is 11.1 Å². The molecule has 2 N–H and O–H groups in total. The lowest BCUT2D eigenvalue weighted by Gasteiger charge is -2.11. The molecule has 1 aliphatic rings. The molecule has 0 spiro atoms. The van der Waals surface area contributed by atoms with Gasteiger partial charge in [0.15, 0.2) is 10.9 Å². The number of amidine groups is 1. The number of nitrogens with one attached hydrogen (secondary N) is 2. The maximum Gasteiger partial charge on any atom is 0.264 e. The highest BCUT2D eigenvalue weighted by atomic mass is 35.5. The van der Waals surface area contributed by atoms with Gasteiger partial charge < -0.3 is 10.1 Å². The first-order valence-corrected chi connectivity index (χ1v) is 8.66. The van der Waals surface area contributed by atoms with Gasteiger partial charge in [-0.3, -0.25) is 10.2 Å². The van der Waals surface area contributed by atoms with Crippen molar-refractivity contribution < 1.29 is 13.9 Å². The number of rotatable bonds is 4. The Kier molecular flexibility index (Phi) is 5.32. The minimum atomic E-state index is -0.372. The molecular formula is C17H11Cl2FN2O2S. The molecule has 1 amide bonds. The second-order valence-corrected chi connectivity index (χ2v) is 6.95. The molecule has 128 valence electrons. The Labute approximate surface area is 157 Å². The molecule has 0 atom stereocenters. The monoisotopic (exact) mass is 396 g/mol. The third-order valence-corrected chi connectivity index (χ3v) is 4.70. The molecule has 0 saturated carbocycles. The first-order valence-electron chi connectivity index (χ1n) is 7.09. The predicted molar refractivity (Wildman–Crippen MR) is 98.6 cm³/mol. The zero-order chi connectivity index (χ0) is 18.0. The van der Waals surface area contributed by atoms with Crippen LogP contribution in [-0.4, -0.2) is 11.1 Å². The minimum absolute atomic E-state index is 0.0119. The van der Waals surface area contributed by atoms with Crippen molar-refractivity contribution in [1.82, 2.24) is 5.32 Å². The molecule has 8 heteroatoms. The molecule has 4 nitrogen and oxygen atoms in total. The van der Waals surface area contributed by atoms with E-state index in [2.05, 4.69) is 5.32 Å². The lowest BCUT2D eigenvalue weighted by Crippen LogP contribution is -2.18. The lowest BCUT2D eigenvalue weighted by atomic mass is 10.2. The highest BCUT2D eigenvalue weighted by Crippen LogP contribution is 2.36. The van der Waals surface area contributed by atoms with Crippen LogP contribution in [-0.2, 0) is 11.4 Å². The van der Waals surface area contributed by atoms with Gasteiger partial charge in [0, 0.05) is 5.56 Å². The third kappa shape index (κ3) is 4.15. The highest BCUT2D eigenvalue weighted by Gasteiger charge is 2.22. The van der Waals surface area contributed by atoms with E-state index in [0.717, 1.165) is 11.8 Å². The zero-order valence-electron chi connectivity index (χ0n) is 12.6. The average Bonchev–Trinajstić information content (AvgIpc) is 2.85. The smallest absolute Gasteiger partial charge is 0.264 e. The molecule has 0 aromatic heterocycles. The van der Waals surface area contributed by atoms with E-state index in [1.165, 1.54) is 6.07 Å². The average molecular weight is 397 g/mol. The fraction of sp³-hybridized carbons (Fsp3) is 0.0588. The van der Waals surface area contributed by atoms with Crippen molar-refractivity contribution in [2.45, 2.75) is 6.61 Å². The summed E-state index contributed by atoms with van der Waals surface area (Å²) in [5, 5.41) is 10.4. The molecule has 1 fully saturated rings. The SMILES string of the molecule is N=C1NC(=O)/C(=C\c2cc(Cl)c(OCc3ccccc3F)c(Cl)c2)S1. The Bertz CT molecular complexity index is 879. The molecule has 1 saturated heterocycles. The molecular weight excluding hydrogens is 386 g/mol. The number of carbonyl (C=O) groups excluding carboxylic acids is 1. The summed E-state index contributed by atoms with van der Waals surface area (Å²) in [5.41, 5.74) is 0.985. The normalized spacial score (nSPS) is 15.6. The molecule has 1 aliphatic heterocycles. The minimum Gasteiger partial charge on any atom is -0.486 e. The van der Waals surface area contributed by atoms with Crippen LogP contribution >= 0.6 is 35.0 Å². The van der Waals surface area contributed by atoms with Crippen LogP contribution in [0.25, 0.3) is 6.08 Å². The Hall–Kier alpha value is -2.02. The Morgan fingerprint density at radius 1 is 1.24 bits per heavy atom. The number of thioether (sulfide) groups is 1. The molecule has 25 heavy (non-hydrogen) atoms. The summed E-state index contributed by atoms with van der Waals surface area (Å²) in [6.07, 6.45) is 1.58. The van der Waals surface area contributed by atoms with Crippen LogP contribution in [0, 0.1) is 11.2 Å².